The molecule has 2 N–H and O–H groups in total. The topological polar surface area (TPSA) is 75.6 Å². The van der Waals surface area contributed by atoms with Gasteiger partial charge in [-0.1, -0.05) is 6.07 Å². The minimum atomic E-state index is -1.01. The van der Waals surface area contributed by atoms with Crippen LogP contribution in [-0.2, 0) is 9.59 Å². The molecular weight excluding hydrogens is 241 g/mol. The predicted molar refractivity (Wildman–Crippen MR) is 61.8 cm³/mol. The molecule has 5 nitrogen and oxygen atoms in total. The van der Waals surface area contributed by atoms with Crippen molar-refractivity contribution >= 4 is 11.9 Å². The number of carboxylic acids is 1. The Balaban J connectivity index is 2.15. The molecule has 98 valence electrons. The van der Waals surface area contributed by atoms with E-state index in [1.165, 1.54) is 18.2 Å². The summed E-state index contributed by atoms with van der Waals surface area (Å²) in [5.74, 6) is -1.37. The second kappa shape index (κ2) is 7.26. The van der Waals surface area contributed by atoms with Crippen LogP contribution in [0.15, 0.2) is 24.3 Å². The Morgan fingerprint density at radius 1 is 1.33 bits per heavy atom. The molecule has 0 saturated carbocycles. The second-order valence-electron chi connectivity index (χ2n) is 3.55. The Labute approximate surface area is 104 Å². The molecule has 0 bridgehead atoms. The highest BCUT2D eigenvalue weighted by molar-refractivity contribution is 5.80. The molecule has 18 heavy (non-hydrogen) atoms. The van der Waals surface area contributed by atoms with Crippen LogP contribution in [0.25, 0.3) is 0 Å². The summed E-state index contributed by atoms with van der Waals surface area (Å²) in [4.78, 5) is 21.3. The number of nitrogens with one attached hydrogen (secondary N) is 1. The lowest BCUT2D eigenvalue weighted by molar-refractivity contribution is -0.138. The van der Waals surface area contributed by atoms with E-state index in [9.17, 15) is 14.0 Å². The first kappa shape index (κ1) is 14.0. The molecule has 0 aliphatic heterocycles. The third kappa shape index (κ3) is 5.83. The van der Waals surface area contributed by atoms with Crippen molar-refractivity contribution in [2.24, 2.45) is 0 Å². The van der Waals surface area contributed by atoms with Gasteiger partial charge in [0.1, 0.15) is 18.2 Å². The number of halogens is 1. The van der Waals surface area contributed by atoms with Crippen molar-refractivity contribution in [3.63, 3.8) is 0 Å². The van der Waals surface area contributed by atoms with E-state index in [0.29, 0.717) is 5.75 Å². The zero-order valence-electron chi connectivity index (χ0n) is 9.69. The van der Waals surface area contributed by atoms with Crippen molar-refractivity contribution in [1.82, 2.24) is 5.32 Å². The lowest BCUT2D eigenvalue weighted by Gasteiger charge is -2.07. The van der Waals surface area contributed by atoms with Crippen molar-refractivity contribution in [3.05, 3.63) is 30.1 Å². The molecule has 0 aliphatic rings. The lowest BCUT2D eigenvalue weighted by Crippen LogP contribution is -2.28. The van der Waals surface area contributed by atoms with Gasteiger partial charge in [-0.3, -0.25) is 9.59 Å². The fourth-order valence-corrected chi connectivity index (χ4v) is 1.22. The van der Waals surface area contributed by atoms with Crippen LogP contribution in [0.3, 0.4) is 0 Å². The number of aliphatic carboxylic acids is 1. The van der Waals surface area contributed by atoms with Crippen LogP contribution in [0.5, 0.6) is 5.75 Å². The summed E-state index contributed by atoms with van der Waals surface area (Å²) >= 11 is 0. The van der Waals surface area contributed by atoms with Crippen molar-refractivity contribution in [1.29, 1.82) is 0 Å². The number of hydrogen-bond donors (Lipinski definition) is 2. The molecule has 0 heterocycles. The van der Waals surface area contributed by atoms with Crippen LogP contribution >= 0.6 is 0 Å². The highest BCUT2D eigenvalue weighted by atomic mass is 19.1. The van der Waals surface area contributed by atoms with E-state index in [0.717, 1.165) is 0 Å². The standard InChI is InChI=1S/C12H14FNO4/c13-9-2-1-3-10(8-9)18-7-6-14-11(15)4-5-12(16)17/h1-3,8H,4-7H2,(H,14,15)(H,16,17). The normalized spacial score (nSPS) is 9.83. The Hall–Kier alpha value is -2.11. The number of rotatable bonds is 7. The number of ether oxygens (including phenoxy) is 1. The van der Waals surface area contributed by atoms with Gasteiger partial charge in [0, 0.05) is 12.5 Å². The molecule has 0 atom stereocenters. The third-order valence-electron chi connectivity index (χ3n) is 2.05. The lowest BCUT2D eigenvalue weighted by atomic mass is 10.3. The number of carbonyl (C=O) groups excluding carboxylic acids is 1. The van der Waals surface area contributed by atoms with Gasteiger partial charge in [-0.05, 0) is 12.1 Å². The Bertz CT molecular complexity index is 422. The molecule has 0 aromatic heterocycles. The smallest absolute Gasteiger partial charge is 0.303 e. The highest BCUT2D eigenvalue weighted by Crippen LogP contribution is 2.11. The van der Waals surface area contributed by atoms with Gasteiger partial charge in [0.2, 0.25) is 5.91 Å². The summed E-state index contributed by atoms with van der Waals surface area (Å²) in [5, 5.41) is 10.9. The summed E-state index contributed by atoms with van der Waals surface area (Å²) in [5.41, 5.74) is 0. The van der Waals surface area contributed by atoms with Crippen LogP contribution in [0, 0.1) is 5.82 Å². The van der Waals surface area contributed by atoms with Crippen molar-refractivity contribution in [2.45, 2.75) is 12.8 Å². The van der Waals surface area contributed by atoms with Crippen LogP contribution < -0.4 is 10.1 Å². The van der Waals surface area contributed by atoms with Crippen LogP contribution in [0.2, 0.25) is 0 Å². The summed E-state index contributed by atoms with van der Waals surface area (Å²) in [6.45, 7) is 0.442. The monoisotopic (exact) mass is 255 g/mol. The maximum atomic E-state index is 12.8. The van der Waals surface area contributed by atoms with Gasteiger partial charge in [-0.15, -0.1) is 0 Å². The molecule has 1 amide bonds. The van der Waals surface area contributed by atoms with Crippen LogP contribution in [0.1, 0.15) is 12.8 Å². The van der Waals surface area contributed by atoms with Crippen molar-refractivity contribution in [2.75, 3.05) is 13.2 Å². The molecule has 0 radical (unpaired) electrons. The highest BCUT2D eigenvalue weighted by Gasteiger charge is 2.04. The van der Waals surface area contributed by atoms with E-state index in [4.69, 9.17) is 9.84 Å². The second-order valence-corrected chi connectivity index (χ2v) is 3.55. The van der Waals surface area contributed by atoms with E-state index in [2.05, 4.69) is 5.32 Å². The first-order valence-electron chi connectivity index (χ1n) is 5.45. The molecule has 6 heteroatoms. The van der Waals surface area contributed by atoms with Gasteiger partial charge < -0.3 is 15.2 Å². The number of carbonyl (C=O) groups is 2. The zero-order chi connectivity index (χ0) is 13.4. The zero-order valence-corrected chi connectivity index (χ0v) is 9.69. The fourth-order valence-electron chi connectivity index (χ4n) is 1.22. The van der Waals surface area contributed by atoms with E-state index in [-0.39, 0.29) is 31.9 Å². The third-order valence-corrected chi connectivity index (χ3v) is 2.05. The van der Waals surface area contributed by atoms with Gasteiger partial charge in [0.15, 0.2) is 0 Å². The average molecular weight is 255 g/mol. The molecular formula is C12H14FNO4. The van der Waals surface area contributed by atoms with E-state index < -0.39 is 11.8 Å². The number of benzene rings is 1. The molecule has 0 saturated heterocycles. The molecule has 0 fully saturated rings. The molecule has 0 aliphatic carbocycles. The molecule has 1 rings (SSSR count). The summed E-state index contributed by atoms with van der Waals surface area (Å²) < 4.78 is 18.0. The summed E-state index contributed by atoms with van der Waals surface area (Å²) in [7, 11) is 0. The summed E-state index contributed by atoms with van der Waals surface area (Å²) in [6, 6.07) is 5.68. The van der Waals surface area contributed by atoms with Crippen LogP contribution in [-0.4, -0.2) is 30.1 Å². The van der Waals surface area contributed by atoms with Gasteiger partial charge in [0.05, 0.1) is 13.0 Å². The minimum Gasteiger partial charge on any atom is -0.492 e. The van der Waals surface area contributed by atoms with Gasteiger partial charge in [-0.25, -0.2) is 4.39 Å². The number of carboxylic acid groups (broad SMARTS) is 1. The largest absolute Gasteiger partial charge is 0.492 e. The van der Waals surface area contributed by atoms with Crippen molar-refractivity contribution in [3.8, 4) is 5.75 Å². The first-order chi connectivity index (χ1) is 8.58. The molecule has 1 aromatic rings. The van der Waals surface area contributed by atoms with E-state index in [1.54, 1.807) is 6.07 Å². The minimum absolute atomic E-state index is 0.0602. The van der Waals surface area contributed by atoms with E-state index in [1.807, 2.05) is 0 Å². The summed E-state index contributed by atoms with van der Waals surface area (Å²) in [6.07, 6.45) is -0.258. The van der Waals surface area contributed by atoms with Crippen LogP contribution in [0.4, 0.5) is 4.39 Å². The Morgan fingerprint density at radius 3 is 2.78 bits per heavy atom. The predicted octanol–water partition coefficient (Wildman–Crippen LogP) is 1.19. The average Bonchev–Trinajstić information content (AvgIpc) is 2.32. The maximum absolute atomic E-state index is 12.8. The quantitative estimate of drug-likeness (QED) is 0.717. The van der Waals surface area contributed by atoms with Gasteiger partial charge >= 0.3 is 5.97 Å². The maximum Gasteiger partial charge on any atom is 0.303 e. The van der Waals surface area contributed by atoms with Gasteiger partial charge in [0.25, 0.3) is 0 Å². The fraction of sp³-hybridized carbons (Fsp3) is 0.333. The SMILES string of the molecule is O=C(O)CCC(=O)NCCOc1cccc(F)c1. The molecule has 0 spiro atoms. The molecule has 1 aromatic carbocycles. The van der Waals surface area contributed by atoms with E-state index >= 15 is 0 Å². The Kier molecular flexibility index (Phi) is 5.63. The molecule has 0 unspecified atom stereocenters. The Morgan fingerprint density at radius 2 is 2.11 bits per heavy atom. The number of amides is 1. The van der Waals surface area contributed by atoms with Crippen molar-refractivity contribution < 1.29 is 23.8 Å². The first-order valence-corrected chi connectivity index (χ1v) is 5.45. The number of hydrogen-bond acceptors (Lipinski definition) is 3. The van der Waals surface area contributed by atoms with Gasteiger partial charge in [-0.2, -0.15) is 0 Å².